The summed E-state index contributed by atoms with van der Waals surface area (Å²) >= 11 is 0. The molecule has 1 heteroatoms. The van der Waals surface area contributed by atoms with Crippen molar-refractivity contribution in [2.75, 3.05) is 0 Å². The topological polar surface area (TPSA) is 12.4 Å². The van der Waals surface area contributed by atoms with Crippen LogP contribution in [0.5, 0.6) is 0 Å². The van der Waals surface area contributed by atoms with Gasteiger partial charge in [0.05, 0.1) is 6.04 Å². The lowest BCUT2D eigenvalue weighted by Gasteiger charge is -2.29. The van der Waals surface area contributed by atoms with Gasteiger partial charge in [0, 0.05) is 18.1 Å². The highest BCUT2D eigenvalue weighted by molar-refractivity contribution is 5.83. The zero-order chi connectivity index (χ0) is 14.4. The third-order valence-corrected chi connectivity index (χ3v) is 5.35. The summed E-state index contributed by atoms with van der Waals surface area (Å²) in [5.41, 5.74) is 5.78. The zero-order valence-corrected chi connectivity index (χ0v) is 12.7. The summed E-state index contributed by atoms with van der Waals surface area (Å²) in [5.74, 6) is 1.69. The number of hydrogen-bond acceptors (Lipinski definition) is 1. The molecule has 2 bridgehead atoms. The van der Waals surface area contributed by atoms with Gasteiger partial charge in [-0.15, -0.1) is 0 Å². The molecule has 1 aliphatic carbocycles. The van der Waals surface area contributed by atoms with Gasteiger partial charge in [-0.05, 0) is 34.6 Å². The van der Waals surface area contributed by atoms with Crippen LogP contribution in [0.25, 0.3) is 0 Å². The standard InChI is InChI=1S/C20H21N/c1-3-18-20-13(2)19(16-10-6-7-11-17(16)20)15-9-5-4-8-14(15)12-21-18/h4-13,18-20H,3H2,1-2H3. The Morgan fingerprint density at radius 2 is 1.57 bits per heavy atom. The quantitative estimate of drug-likeness (QED) is 0.711. The van der Waals surface area contributed by atoms with Crippen molar-refractivity contribution in [2.45, 2.75) is 38.1 Å². The molecule has 0 saturated carbocycles. The minimum absolute atomic E-state index is 0.402. The third-order valence-electron chi connectivity index (χ3n) is 5.35. The summed E-state index contributed by atoms with van der Waals surface area (Å²) in [6.45, 7) is 4.67. The van der Waals surface area contributed by atoms with E-state index in [1.54, 1.807) is 0 Å². The minimum atomic E-state index is 0.402. The number of rotatable bonds is 1. The van der Waals surface area contributed by atoms with Crippen molar-refractivity contribution in [2.24, 2.45) is 10.9 Å². The van der Waals surface area contributed by atoms with Gasteiger partial charge in [0.15, 0.2) is 0 Å². The van der Waals surface area contributed by atoms with Crippen LogP contribution < -0.4 is 0 Å². The first kappa shape index (κ1) is 12.8. The van der Waals surface area contributed by atoms with E-state index in [0.717, 1.165) is 6.42 Å². The molecule has 1 heterocycles. The lowest BCUT2D eigenvalue weighted by molar-refractivity contribution is 0.388. The average molecular weight is 275 g/mol. The SMILES string of the molecule is CCC1N=Cc2ccccc2C2c3ccccc3C1C2C. The molecule has 0 fully saturated rings. The second-order valence-corrected chi connectivity index (χ2v) is 6.37. The Bertz CT molecular complexity index is 700. The van der Waals surface area contributed by atoms with Crippen LogP contribution in [0.4, 0.5) is 0 Å². The lowest BCUT2D eigenvalue weighted by Crippen LogP contribution is -2.23. The van der Waals surface area contributed by atoms with E-state index in [4.69, 9.17) is 4.99 Å². The molecule has 0 amide bonds. The third kappa shape index (κ3) is 1.80. The Morgan fingerprint density at radius 3 is 2.33 bits per heavy atom. The van der Waals surface area contributed by atoms with Crippen molar-refractivity contribution in [3.05, 3.63) is 70.8 Å². The van der Waals surface area contributed by atoms with Crippen molar-refractivity contribution < 1.29 is 0 Å². The maximum Gasteiger partial charge on any atom is 0.0568 e. The van der Waals surface area contributed by atoms with E-state index in [0.29, 0.717) is 23.8 Å². The number of hydrogen-bond donors (Lipinski definition) is 0. The number of fused-ring (bicyclic) bond motifs is 7. The van der Waals surface area contributed by atoms with Gasteiger partial charge in [-0.25, -0.2) is 0 Å². The maximum absolute atomic E-state index is 4.95. The van der Waals surface area contributed by atoms with Crippen LogP contribution >= 0.6 is 0 Å². The van der Waals surface area contributed by atoms with Gasteiger partial charge in [-0.3, -0.25) is 4.99 Å². The summed E-state index contributed by atoms with van der Waals surface area (Å²) in [4.78, 5) is 4.95. The van der Waals surface area contributed by atoms with Crippen molar-refractivity contribution in [3.8, 4) is 0 Å². The molecule has 0 N–H and O–H groups in total. The Morgan fingerprint density at radius 1 is 0.905 bits per heavy atom. The first-order valence-corrected chi connectivity index (χ1v) is 8.02. The van der Waals surface area contributed by atoms with E-state index in [9.17, 15) is 0 Å². The lowest BCUT2D eigenvalue weighted by atomic mass is 9.78. The van der Waals surface area contributed by atoms with Crippen LogP contribution in [0.3, 0.4) is 0 Å². The van der Waals surface area contributed by atoms with Crippen LogP contribution in [-0.4, -0.2) is 12.3 Å². The molecule has 0 aromatic heterocycles. The molecule has 4 rings (SSSR count). The van der Waals surface area contributed by atoms with Crippen LogP contribution in [0.1, 0.15) is 54.4 Å². The first-order chi connectivity index (χ1) is 10.3. The molecule has 4 atom stereocenters. The van der Waals surface area contributed by atoms with Crippen LogP contribution in [0.15, 0.2) is 53.5 Å². The molecule has 106 valence electrons. The monoisotopic (exact) mass is 275 g/mol. The Kier molecular flexibility index (Phi) is 2.95. The molecule has 0 radical (unpaired) electrons. The van der Waals surface area contributed by atoms with E-state index in [1.807, 2.05) is 0 Å². The fraction of sp³-hybridized carbons (Fsp3) is 0.350. The molecule has 2 aromatic carbocycles. The normalized spacial score (nSPS) is 29.4. The van der Waals surface area contributed by atoms with Gasteiger partial charge in [-0.1, -0.05) is 62.4 Å². The molecular weight excluding hydrogens is 254 g/mol. The molecule has 4 unspecified atom stereocenters. The largest absolute Gasteiger partial charge is 0.289 e. The van der Waals surface area contributed by atoms with Crippen LogP contribution in [-0.2, 0) is 0 Å². The highest BCUT2D eigenvalue weighted by atomic mass is 14.8. The Labute approximate surface area is 126 Å². The summed E-state index contributed by atoms with van der Waals surface area (Å²) in [7, 11) is 0. The molecule has 1 aliphatic heterocycles. The minimum Gasteiger partial charge on any atom is -0.289 e. The summed E-state index contributed by atoms with van der Waals surface area (Å²) in [5, 5.41) is 0. The predicted molar refractivity (Wildman–Crippen MR) is 88.3 cm³/mol. The van der Waals surface area contributed by atoms with Crippen LogP contribution in [0.2, 0.25) is 0 Å². The van der Waals surface area contributed by atoms with E-state index in [2.05, 4.69) is 68.6 Å². The Balaban J connectivity index is 2.01. The summed E-state index contributed by atoms with van der Waals surface area (Å²) in [6.07, 6.45) is 3.22. The van der Waals surface area contributed by atoms with Crippen molar-refractivity contribution in [1.29, 1.82) is 0 Å². The Hall–Kier alpha value is -1.89. The fourth-order valence-electron chi connectivity index (χ4n) is 4.42. The number of benzene rings is 2. The molecule has 2 aromatic rings. The highest BCUT2D eigenvalue weighted by Gasteiger charge is 2.43. The van der Waals surface area contributed by atoms with Gasteiger partial charge in [0.2, 0.25) is 0 Å². The van der Waals surface area contributed by atoms with E-state index in [-0.39, 0.29) is 0 Å². The van der Waals surface area contributed by atoms with E-state index < -0.39 is 0 Å². The zero-order valence-electron chi connectivity index (χ0n) is 12.7. The average Bonchev–Trinajstić information content (AvgIpc) is 2.83. The fourth-order valence-corrected chi connectivity index (χ4v) is 4.42. The number of aliphatic imine (C=N–C) groups is 1. The second kappa shape index (κ2) is 4.84. The molecule has 0 spiro atoms. The molecule has 2 aliphatic rings. The van der Waals surface area contributed by atoms with Gasteiger partial charge in [-0.2, -0.15) is 0 Å². The van der Waals surface area contributed by atoms with Crippen molar-refractivity contribution >= 4 is 6.21 Å². The van der Waals surface area contributed by atoms with Gasteiger partial charge >= 0.3 is 0 Å². The second-order valence-electron chi connectivity index (χ2n) is 6.37. The number of nitrogens with zero attached hydrogens (tertiary/aromatic N) is 1. The van der Waals surface area contributed by atoms with Crippen molar-refractivity contribution in [3.63, 3.8) is 0 Å². The first-order valence-electron chi connectivity index (χ1n) is 8.02. The van der Waals surface area contributed by atoms with Crippen LogP contribution in [0, 0.1) is 5.92 Å². The summed E-state index contributed by atoms with van der Waals surface area (Å²) in [6, 6.07) is 18.2. The highest BCUT2D eigenvalue weighted by Crippen LogP contribution is 2.53. The van der Waals surface area contributed by atoms with E-state index in [1.165, 1.54) is 22.3 Å². The van der Waals surface area contributed by atoms with Gasteiger partial charge in [0.1, 0.15) is 0 Å². The molecule has 21 heavy (non-hydrogen) atoms. The van der Waals surface area contributed by atoms with Gasteiger partial charge in [0.25, 0.3) is 0 Å². The van der Waals surface area contributed by atoms with E-state index >= 15 is 0 Å². The summed E-state index contributed by atoms with van der Waals surface area (Å²) < 4.78 is 0. The van der Waals surface area contributed by atoms with Gasteiger partial charge < -0.3 is 0 Å². The predicted octanol–water partition coefficient (Wildman–Crippen LogP) is 4.76. The van der Waals surface area contributed by atoms with Crippen molar-refractivity contribution in [1.82, 2.24) is 0 Å². The smallest absolute Gasteiger partial charge is 0.0568 e. The molecule has 0 saturated heterocycles. The maximum atomic E-state index is 4.95. The molecule has 1 nitrogen and oxygen atoms in total. The molecular formula is C20H21N.